The Labute approximate surface area is 164 Å². The lowest BCUT2D eigenvalue weighted by Crippen LogP contribution is -2.48. The van der Waals surface area contributed by atoms with Gasteiger partial charge in [0.15, 0.2) is 5.71 Å². The number of nitrogens with zero attached hydrogens (tertiary/aromatic N) is 2. The van der Waals surface area contributed by atoms with Crippen molar-refractivity contribution in [2.45, 2.75) is 46.0 Å². The molecule has 0 aliphatic carbocycles. The van der Waals surface area contributed by atoms with Crippen molar-refractivity contribution in [3.8, 4) is 0 Å². The van der Waals surface area contributed by atoms with Gasteiger partial charge in [-0.15, -0.1) is 0 Å². The number of hydrogen-bond acceptors (Lipinski definition) is 4. The molecule has 6 nitrogen and oxygen atoms in total. The highest BCUT2D eigenvalue weighted by molar-refractivity contribution is 6.37. The first-order valence-corrected chi connectivity index (χ1v) is 10.2. The monoisotopic (exact) mass is 382 g/mol. The molecule has 0 amide bonds. The quantitative estimate of drug-likeness (QED) is 0.273. The van der Waals surface area contributed by atoms with Crippen LogP contribution < -0.4 is 0 Å². The fraction of sp³-hybridized carbons (Fsp3) is 0.500. The molecule has 1 aromatic heterocycles. The van der Waals surface area contributed by atoms with E-state index < -0.39 is 5.97 Å². The van der Waals surface area contributed by atoms with Crippen LogP contribution in [-0.2, 0) is 16.0 Å². The van der Waals surface area contributed by atoms with Gasteiger partial charge in [-0.25, -0.2) is 9.37 Å². The Morgan fingerprint density at radius 2 is 2.14 bits per heavy atom. The van der Waals surface area contributed by atoms with Crippen molar-refractivity contribution < 1.29 is 19.3 Å². The van der Waals surface area contributed by atoms with Crippen LogP contribution in [-0.4, -0.2) is 51.9 Å². The molecular formula is C22H28N3O3+. The van der Waals surface area contributed by atoms with Crippen molar-refractivity contribution >= 4 is 28.3 Å². The van der Waals surface area contributed by atoms with Gasteiger partial charge in [-0.3, -0.25) is 0 Å². The van der Waals surface area contributed by atoms with E-state index in [1.165, 1.54) is 22.4 Å². The minimum atomic E-state index is -0.525. The van der Waals surface area contributed by atoms with Crippen LogP contribution in [0.2, 0.25) is 0 Å². The molecule has 1 aromatic carbocycles. The van der Waals surface area contributed by atoms with E-state index in [1.807, 2.05) is 0 Å². The molecule has 0 saturated heterocycles. The zero-order valence-electron chi connectivity index (χ0n) is 16.6. The van der Waals surface area contributed by atoms with E-state index in [2.05, 4.69) is 45.9 Å². The Morgan fingerprint density at radius 1 is 1.32 bits per heavy atom. The predicted molar refractivity (Wildman–Crippen MR) is 109 cm³/mol. The molecule has 2 aliphatic heterocycles. The average Bonchev–Trinajstić information content (AvgIpc) is 3.10. The number of aromatic amines is 1. The van der Waals surface area contributed by atoms with Gasteiger partial charge in [-0.05, 0) is 31.4 Å². The number of para-hydroxylation sites is 1. The highest BCUT2D eigenvalue weighted by Gasteiger charge is 2.49. The lowest BCUT2D eigenvalue weighted by Gasteiger charge is -2.37. The molecule has 0 radical (unpaired) electrons. The molecule has 148 valence electrons. The number of aromatic nitrogens is 1. The van der Waals surface area contributed by atoms with Crippen molar-refractivity contribution in [1.82, 2.24) is 4.98 Å². The Morgan fingerprint density at radius 3 is 2.89 bits per heavy atom. The summed E-state index contributed by atoms with van der Waals surface area (Å²) in [6.07, 6.45) is 4.30. The largest absolute Gasteiger partial charge is 0.461 e. The summed E-state index contributed by atoms with van der Waals surface area (Å²) in [6, 6.07) is 8.43. The minimum absolute atomic E-state index is 0.112. The number of benzene rings is 1. The van der Waals surface area contributed by atoms with E-state index in [1.54, 1.807) is 6.92 Å². The number of carbonyl (C=O) groups is 1. The second kappa shape index (κ2) is 7.41. The van der Waals surface area contributed by atoms with E-state index in [4.69, 9.17) is 4.74 Å². The van der Waals surface area contributed by atoms with Gasteiger partial charge in [0, 0.05) is 30.2 Å². The summed E-state index contributed by atoms with van der Waals surface area (Å²) in [5, 5.41) is 14.1. The van der Waals surface area contributed by atoms with Crippen LogP contribution in [0.5, 0.6) is 0 Å². The zero-order chi connectivity index (χ0) is 19.7. The molecule has 0 fully saturated rings. The lowest BCUT2D eigenvalue weighted by molar-refractivity contribution is -0.538. The van der Waals surface area contributed by atoms with Gasteiger partial charge in [-0.1, -0.05) is 30.3 Å². The highest BCUT2D eigenvalue weighted by atomic mass is 16.5. The van der Waals surface area contributed by atoms with Crippen LogP contribution in [0, 0.1) is 5.41 Å². The van der Waals surface area contributed by atoms with E-state index in [9.17, 15) is 10.0 Å². The number of oxime groups is 1. The van der Waals surface area contributed by atoms with Gasteiger partial charge in [-0.2, -0.15) is 0 Å². The van der Waals surface area contributed by atoms with Crippen LogP contribution in [0.1, 0.15) is 50.8 Å². The maximum absolute atomic E-state index is 12.3. The summed E-state index contributed by atoms with van der Waals surface area (Å²) in [5.41, 5.74) is 4.84. The number of ether oxygens (including phenoxy) is 1. The highest BCUT2D eigenvalue weighted by Crippen LogP contribution is 2.42. The Kier molecular flexibility index (Phi) is 4.96. The predicted octanol–water partition coefficient (Wildman–Crippen LogP) is 3.50. The Balaban J connectivity index is 1.82. The lowest BCUT2D eigenvalue weighted by atomic mass is 9.68. The summed E-state index contributed by atoms with van der Waals surface area (Å²) >= 11 is 0. The molecule has 0 saturated carbocycles. The fourth-order valence-electron chi connectivity index (χ4n) is 5.05. The van der Waals surface area contributed by atoms with E-state index in [-0.39, 0.29) is 17.7 Å². The normalized spacial score (nSPS) is 22.1. The van der Waals surface area contributed by atoms with E-state index >= 15 is 0 Å². The molecule has 3 heterocycles. The van der Waals surface area contributed by atoms with Gasteiger partial charge < -0.3 is 14.9 Å². The van der Waals surface area contributed by atoms with Crippen molar-refractivity contribution in [3.05, 3.63) is 35.5 Å². The number of fused-ring (bicyclic) bond motifs is 4. The van der Waals surface area contributed by atoms with Crippen LogP contribution in [0.25, 0.3) is 10.9 Å². The van der Waals surface area contributed by atoms with Gasteiger partial charge in [0.1, 0.15) is 18.8 Å². The third kappa shape index (κ3) is 2.91. The molecule has 0 spiro atoms. The van der Waals surface area contributed by atoms with E-state index in [0.29, 0.717) is 6.42 Å². The smallest absolute Gasteiger partial charge is 0.356 e. The Hall–Kier alpha value is -2.63. The van der Waals surface area contributed by atoms with Crippen molar-refractivity contribution in [2.75, 3.05) is 19.7 Å². The molecule has 4 rings (SSSR count). The summed E-state index contributed by atoms with van der Waals surface area (Å²) in [5.74, 6) is -0.525. The van der Waals surface area contributed by atoms with Crippen molar-refractivity contribution in [3.63, 3.8) is 0 Å². The van der Waals surface area contributed by atoms with Crippen LogP contribution in [0.15, 0.2) is 29.4 Å². The maximum atomic E-state index is 12.3. The van der Waals surface area contributed by atoms with Crippen molar-refractivity contribution in [2.24, 2.45) is 10.6 Å². The van der Waals surface area contributed by atoms with Gasteiger partial charge in [0.2, 0.25) is 5.71 Å². The SMILES string of the molecule is CCOC(=O)C(CC1(CC)CCC[N+]2=C1c1[nH]c3ccccc3c1CC2)=NO. The number of nitrogens with one attached hydrogen (secondary N) is 1. The van der Waals surface area contributed by atoms with Crippen molar-refractivity contribution in [1.29, 1.82) is 0 Å². The second-order valence-corrected chi connectivity index (χ2v) is 7.79. The van der Waals surface area contributed by atoms with Crippen LogP contribution in [0.4, 0.5) is 0 Å². The molecular weight excluding hydrogens is 354 g/mol. The molecule has 1 atom stereocenters. The third-order valence-corrected chi connectivity index (χ3v) is 6.40. The molecule has 0 bridgehead atoms. The summed E-state index contributed by atoms with van der Waals surface area (Å²) < 4.78 is 7.58. The third-order valence-electron chi connectivity index (χ3n) is 6.40. The minimum Gasteiger partial charge on any atom is -0.461 e. The standard InChI is InChI=1S/C22H27N3O3/c1-3-22(14-18(24-27)21(26)28-4-2)11-7-12-25-13-10-16-15-8-5-6-9-17(15)23-19(16)20(22)25/h5-6,8-9H,3-4,7,10-14H2,1-2H3,(H,26,27)/p+1. The van der Waals surface area contributed by atoms with Gasteiger partial charge >= 0.3 is 5.97 Å². The number of hydrogen-bond donors (Lipinski definition) is 2. The molecule has 6 heteroatoms. The topological polar surface area (TPSA) is 77.7 Å². The molecule has 28 heavy (non-hydrogen) atoms. The van der Waals surface area contributed by atoms with Gasteiger partial charge in [0.05, 0.1) is 12.0 Å². The summed E-state index contributed by atoms with van der Waals surface area (Å²) in [7, 11) is 0. The molecule has 2 N–H and O–H groups in total. The Bertz CT molecular complexity index is 973. The average molecular weight is 382 g/mol. The first-order valence-electron chi connectivity index (χ1n) is 10.2. The van der Waals surface area contributed by atoms with E-state index in [0.717, 1.165) is 44.3 Å². The summed E-state index contributed by atoms with van der Waals surface area (Å²) in [6.45, 7) is 6.20. The zero-order valence-corrected chi connectivity index (χ0v) is 16.6. The van der Waals surface area contributed by atoms with Crippen LogP contribution in [0.3, 0.4) is 0 Å². The fourth-order valence-corrected chi connectivity index (χ4v) is 5.05. The van der Waals surface area contributed by atoms with Gasteiger partial charge in [0.25, 0.3) is 0 Å². The molecule has 2 aliphatic rings. The number of carbonyl (C=O) groups excluding carboxylic acids is 1. The second-order valence-electron chi connectivity index (χ2n) is 7.79. The molecule has 1 unspecified atom stereocenters. The summed E-state index contributed by atoms with van der Waals surface area (Å²) in [4.78, 5) is 16.0. The maximum Gasteiger partial charge on any atom is 0.356 e. The first-order chi connectivity index (χ1) is 13.6. The number of esters is 1. The molecule has 2 aromatic rings. The first kappa shape index (κ1) is 18.7. The van der Waals surface area contributed by atoms with Crippen LogP contribution >= 0.6 is 0 Å². The number of rotatable bonds is 5. The number of H-pyrrole nitrogens is 1.